The van der Waals surface area contributed by atoms with Crippen LogP contribution in [0.15, 0.2) is 60.0 Å². The van der Waals surface area contributed by atoms with Gasteiger partial charge in [0.1, 0.15) is 5.82 Å². The van der Waals surface area contributed by atoms with Gasteiger partial charge in [0, 0.05) is 18.0 Å². The molecule has 0 radical (unpaired) electrons. The number of nitrogens with zero attached hydrogens (tertiary/aromatic N) is 2. The number of hydrogen-bond acceptors (Lipinski definition) is 3. The molecular weight excluding hydrogens is 269 g/mol. The number of amides is 1. The molecule has 0 aliphatic rings. The van der Waals surface area contributed by atoms with Crippen LogP contribution in [0, 0.1) is 5.82 Å². The quantitative estimate of drug-likeness (QED) is 0.692. The second-order valence-corrected chi connectivity index (χ2v) is 4.29. The standard InChI is InChI=1S/C16H14FN3O/c1-12(8-9-13-5-2-3-7-15(13)17)19-20-16(21)14-6-4-10-18-11-14/h2-11H,1H3,(H,20,21). The summed E-state index contributed by atoms with van der Waals surface area (Å²) in [5, 5.41) is 3.93. The molecule has 2 aromatic rings. The van der Waals surface area contributed by atoms with Gasteiger partial charge in [0.25, 0.3) is 5.91 Å². The van der Waals surface area contributed by atoms with E-state index < -0.39 is 0 Å². The monoisotopic (exact) mass is 283 g/mol. The summed E-state index contributed by atoms with van der Waals surface area (Å²) in [5.41, 5.74) is 3.85. The first-order valence-electron chi connectivity index (χ1n) is 6.34. The molecule has 1 heterocycles. The molecule has 0 spiro atoms. The van der Waals surface area contributed by atoms with Gasteiger partial charge in [-0.1, -0.05) is 24.3 Å². The molecule has 2 rings (SSSR count). The molecule has 1 amide bonds. The van der Waals surface area contributed by atoms with E-state index in [1.165, 1.54) is 12.3 Å². The maximum atomic E-state index is 13.4. The number of halogens is 1. The Bertz CT molecular complexity index is 681. The van der Waals surface area contributed by atoms with Crippen molar-refractivity contribution in [2.24, 2.45) is 5.10 Å². The average molecular weight is 283 g/mol. The normalized spacial score (nSPS) is 11.6. The van der Waals surface area contributed by atoms with Crippen LogP contribution in [0.4, 0.5) is 4.39 Å². The zero-order valence-electron chi connectivity index (χ0n) is 11.5. The lowest BCUT2D eigenvalue weighted by atomic mass is 10.2. The van der Waals surface area contributed by atoms with Crippen LogP contribution in [-0.4, -0.2) is 16.6 Å². The van der Waals surface area contributed by atoms with Crippen molar-refractivity contribution >= 4 is 17.7 Å². The number of benzene rings is 1. The second-order valence-electron chi connectivity index (χ2n) is 4.29. The number of carbonyl (C=O) groups is 1. The van der Waals surface area contributed by atoms with Gasteiger partial charge in [-0.25, -0.2) is 9.82 Å². The highest BCUT2D eigenvalue weighted by molar-refractivity contribution is 5.99. The van der Waals surface area contributed by atoms with E-state index in [4.69, 9.17) is 0 Å². The Labute approximate surface area is 122 Å². The van der Waals surface area contributed by atoms with Crippen LogP contribution in [0.25, 0.3) is 6.08 Å². The second kappa shape index (κ2) is 7.09. The summed E-state index contributed by atoms with van der Waals surface area (Å²) < 4.78 is 13.4. The van der Waals surface area contributed by atoms with Gasteiger partial charge in [0.05, 0.1) is 11.3 Å². The maximum Gasteiger partial charge on any atom is 0.272 e. The maximum absolute atomic E-state index is 13.4. The van der Waals surface area contributed by atoms with Crippen LogP contribution in [0.2, 0.25) is 0 Å². The summed E-state index contributed by atoms with van der Waals surface area (Å²) in [6, 6.07) is 9.73. The largest absolute Gasteiger partial charge is 0.272 e. The van der Waals surface area contributed by atoms with Crippen molar-refractivity contribution in [3.05, 3.63) is 71.8 Å². The molecule has 0 unspecified atom stereocenters. The van der Waals surface area contributed by atoms with Crippen molar-refractivity contribution in [3.63, 3.8) is 0 Å². The van der Waals surface area contributed by atoms with E-state index in [-0.39, 0.29) is 11.7 Å². The third kappa shape index (κ3) is 4.35. The van der Waals surface area contributed by atoms with E-state index in [0.717, 1.165) is 0 Å². The van der Waals surface area contributed by atoms with E-state index in [1.807, 2.05) is 0 Å². The van der Waals surface area contributed by atoms with E-state index in [2.05, 4.69) is 15.5 Å². The number of aromatic nitrogens is 1. The molecule has 4 nitrogen and oxygen atoms in total. The van der Waals surface area contributed by atoms with Crippen molar-refractivity contribution in [2.45, 2.75) is 6.92 Å². The molecule has 0 atom stereocenters. The van der Waals surface area contributed by atoms with Crippen LogP contribution >= 0.6 is 0 Å². The van der Waals surface area contributed by atoms with Crippen LogP contribution in [0.5, 0.6) is 0 Å². The van der Waals surface area contributed by atoms with Crippen LogP contribution < -0.4 is 5.43 Å². The lowest BCUT2D eigenvalue weighted by Gasteiger charge is -1.99. The zero-order valence-corrected chi connectivity index (χ0v) is 11.5. The molecule has 0 bridgehead atoms. The third-order valence-electron chi connectivity index (χ3n) is 2.67. The minimum Gasteiger partial charge on any atom is -0.267 e. The predicted octanol–water partition coefficient (Wildman–Crippen LogP) is 3.04. The van der Waals surface area contributed by atoms with Crippen molar-refractivity contribution < 1.29 is 9.18 Å². The summed E-state index contributed by atoms with van der Waals surface area (Å²) >= 11 is 0. The highest BCUT2D eigenvalue weighted by Crippen LogP contribution is 2.08. The highest BCUT2D eigenvalue weighted by Gasteiger charge is 2.02. The lowest BCUT2D eigenvalue weighted by Crippen LogP contribution is -2.18. The number of nitrogens with one attached hydrogen (secondary N) is 1. The fraction of sp³-hybridized carbons (Fsp3) is 0.0625. The van der Waals surface area contributed by atoms with Gasteiger partial charge in [0.15, 0.2) is 0 Å². The topological polar surface area (TPSA) is 54.4 Å². The first-order valence-corrected chi connectivity index (χ1v) is 6.34. The minimum atomic E-state index is -0.346. The van der Waals surface area contributed by atoms with Gasteiger partial charge in [-0.3, -0.25) is 9.78 Å². The van der Waals surface area contributed by atoms with Gasteiger partial charge in [0.2, 0.25) is 0 Å². The summed E-state index contributed by atoms with van der Waals surface area (Å²) in [4.78, 5) is 15.6. The van der Waals surface area contributed by atoms with E-state index in [0.29, 0.717) is 16.8 Å². The Hall–Kier alpha value is -2.82. The molecule has 1 aromatic heterocycles. The van der Waals surface area contributed by atoms with Crippen LogP contribution in [0.1, 0.15) is 22.8 Å². The minimum absolute atomic E-state index is 0.305. The Balaban J connectivity index is 1.99. The van der Waals surface area contributed by atoms with E-state index in [1.54, 1.807) is 55.6 Å². The van der Waals surface area contributed by atoms with Crippen molar-refractivity contribution in [1.82, 2.24) is 10.4 Å². The molecule has 0 saturated carbocycles. The number of rotatable bonds is 4. The number of hydrazone groups is 1. The van der Waals surface area contributed by atoms with Gasteiger partial charge in [-0.05, 0) is 31.2 Å². The van der Waals surface area contributed by atoms with Crippen molar-refractivity contribution in [1.29, 1.82) is 0 Å². The molecule has 106 valence electrons. The Kier molecular flexibility index (Phi) is 4.93. The number of hydrogen-bond donors (Lipinski definition) is 1. The third-order valence-corrected chi connectivity index (χ3v) is 2.67. The van der Waals surface area contributed by atoms with Gasteiger partial charge >= 0.3 is 0 Å². The Morgan fingerprint density at radius 2 is 2.10 bits per heavy atom. The van der Waals surface area contributed by atoms with Crippen molar-refractivity contribution in [2.75, 3.05) is 0 Å². The fourth-order valence-electron chi connectivity index (χ4n) is 1.56. The predicted molar refractivity (Wildman–Crippen MR) is 80.2 cm³/mol. The fourth-order valence-corrected chi connectivity index (χ4v) is 1.56. The molecule has 5 heteroatoms. The number of pyridine rings is 1. The molecule has 1 N–H and O–H groups in total. The molecule has 21 heavy (non-hydrogen) atoms. The molecule has 0 aliphatic carbocycles. The van der Waals surface area contributed by atoms with Crippen LogP contribution in [-0.2, 0) is 0 Å². The van der Waals surface area contributed by atoms with Gasteiger partial charge in [-0.2, -0.15) is 5.10 Å². The van der Waals surface area contributed by atoms with Gasteiger partial charge < -0.3 is 0 Å². The average Bonchev–Trinajstić information content (AvgIpc) is 2.52. The molecule has 0 saturated heterocycles. The van der Waals surface area contributed by atoms with E-state index in [9.17, 15) is 9.18 Å². The van der Waals surface area contributed by atoms with E-state index >= 15 is 0 Å². The Morgan fingerprint density at radius 1 is 1.29 bits per heavy atom. The Morgan fingerprint density at radius 3 is 2.81 bits per heavy atom. The molecule has 0 aliphatic heterocycles. The summed E-state index contributed by atoms with van der Waals surface area (Å²) in [6.07, 6.45) is 6.27. The van der Waals surface area contributed by atoms with Gasteiger partial charge in [-0.15, -0.1) is 0 Å². The smallest absolute Gasteiger partial charge is 0.267 e. The van der Waals surface area contributed by atoms with Crippen molar-refractivity contribution in [3.8, 4) is 0 Å². The molecule has 0 fully saturated rings. The number of allylic oxidation sites excluding steroid dienone is 1. The first-order chi connectivity index (χ1) is 10.2. The first kappa shape index (κ1) is 14.6. The number of carbonyl (C=O) groups excluding carboxylic acids is 1. The SMILES string of the molecule is CC(C=Cc1ccccc1F)=NNC(=O)c1cccnc1. The lowest BCUT2D eigenvalue weighted by molar-refractivity contribution is 0.0954. The molecular formula is C16H14FN3O. The highest BCUT2D eigenvalue weighted by atomic mass is 19.1. The summed E-state index contributed by atoms with van der Waals surface area (Å²) in [5.74, 6) is -0.650. The molecule has 1 aromatic carbocycles. The zero-order chi connectivity index (χ0) is 15.1. The van der Waals surface area contributed by atoms with Crippen LogP contribution in [0.3, 0.4) is 0 Å². The summed E-state index contributed by atoms with van der Waals surface area (Å²) in [6.45, 7) is 1.71. The summed E-state index contributed by atoms with van der Waals surface area (Å²) in [7, 11) is 0.